The van der Waals surface area contributed by atoms with Gasteiger partial charge in [0.25, 0.3) is 0 Å². The van der Waals surface area contributed by atoms with E-state index in [-0.39, 0.29) is 0 Å². The van der Waals surface area contributed by atoms with Crippen molar-refractivity contribution in [1.29, 1.82) is 0 Å². The molecular weight excluding hydrogens is 294 g/mol. The summed E-state index contributed by atoms with van der Waals surface area (Å²) in [5.41, 5.74) is 2.28. The molecule has 0 bridgehead atoms. The first-order chi connectivity index (χ1) is 10.8. The van der Waals surface area contributed by atoms with Gasteiger partial charge in [-0.05, 0) is 31.7 Å². The van der Waals surface area contributed by atoms with Gasteiger partial charge in [-0.25, -0.2) is 4.98 Å². The van der Waals surface area contributed by atoms with Crippen molar-refractivity contribution in [3.8, 4) is 0 Å². The number of aromatic nitrogens is 2. The minimum Gasteiger partial charge on any atom is -0.356 e. The Morgan fingerprint density at radius 2 is 2.05 bits per heavy atom. The van der Waals surface area contributed by atoms with Gasteiger partial charge in [0, 0.05) is 32.4 Å². The van der Waals surface area contributed by atoms with Crippen molar-refractivity contribution < 1.29 is 0 Å². The number of thioether (sulfide) groups is 1. The van der Waals surface area contributed by atoms with Gasteiger partial charge in [0.2, 0.25) is 0 Å². The molecule has 0 atom stereocenters. The van der Waals surface area contributed by atoms with Gasteiger partial charge < -0.3 is 15.2 Å². The Morgan fingerprint density at radius 3 is 2.82 bits per heavy atom. The lowest BCUT2D eigenvalue weighted by Crippen LogP contribution is -2.39. The quantitative estimate of drug-likeness (QED) is 0.467. The number of nitrogens with one attached hydrogen (secondary N) is 2. The SMILES string of the molecule is CN=C(NCCCn1c(C)nc2ccccc21)NCCSC. The summed E-state index contributed by atoms with van der Waals surface area (Å²) in [6.45, 7) is 4.86. The van der Waals surface area contributed by atoms with Crippen LogP contribution < -0.4 is 10.6 Å². The third-order valence-corrected chi connectivity index (χ3v) is 4.13. The summed E-state index contributed by atoms with van der Waals surface area (Å²) in [4.78, 5) is 8.83. The molecule has 0 aliphatic carbocycles. The van der Waals surface area contributed by atoms with E-state index in [1.54, 1.807) is 0 Å². The van der Waals surface area contributed by atoms with Crippen molar-refractivity contribution in [2.75, 3.05) is 32.1 Å². The molecule has 0 unspecified atom stereocenters. The van der Waals surface area contributed by atoms with Gasteiger partial charge in [0.05, 0.1) is 11.0 Å². The third-order valence-electron chi connectivity index (χ3n) is 3.52. The van der Waals surface area contributed by atoms with Crippen LogP contribution in [0.3, 0.4) is 0 Å². The molecule has 6 heteroatoms. The van der Waals surface area contributed by atoms with Crippen LogP contribution in [0.1, 0.15) is 12.2 Å². The van der Waals surface area contributed by atoms with E-state index in [2.05, 4.69) is 56.6 Å². The summed E-state index contributed by atoms with van der Waals surface area (Å²) in [5, 5.41) is 6.66. The molecule has 1 heterocycles. The number of hydrogen-bond acceptors (Lipinski definition) is 3. The normalized spacial score (nSPS) is 11.9. The monoisotopic (exact) mass is 319 g/mol. The summed E-state index contributed by atoms with van der Waals surface area (Å²) in [6, 6.07) is 8.29. The molecule has 120 valence electrons. The molecule has 2 aromatic rings. The second kappa shape index (κ2) is 8.68. The van der Waals surface area contributed by atoms with Crippen LogP contribution in [0.15, 0.2) is 29.3 Å². The van der Waals surface area contributed by atoms with Crippen LogP contribution in [0, 0.1) is 6.92 Å². The number of guanidine groups is 1. The number of hydrogen-bond donors (Lipinski definition) is 2. The number of imidazole rings is 1. The van der Waals surface area contributed by atoms with E-state index in [1.807, 2.05) is 24.9 Å². The Labute approximate surface area is 136 Å². The van der Waals surface area contributed by atoms with E-state index in [9.17, 15) is 0 Å². The molecule has 1 aromatic carbocycles. The van der Waals surface area contributed by atoms with Crippen LogP contribution in [0.2, 0.25) is 0 Å². The van der Waals surface area contributed by atoms with E-state index in [0.29, 0.717) is 0 Å². The number of para-hydroxylation sites is 2. The van der Waals surface area contributed by atoms with Crippen molar-refractivity contribution in [3.05, 3.63) is 30.1 Å². The molecule has 0 spiro atoms. The fraction of sp³-hybridized carbons (Fsp3) is 0.500. The second-order valence-corrected chi connectivity index (χ2v) is 6.06. The van der Waals surface area contributed by atoms with E-state index in [4.69, 9.17) is 0 Å². The van der Waals surface area contributed by atoms with Gasteiger partial charge in [0.1, 0.15) is 5.82 Å². The van der Waals surface area contributed by atoms with E-state index >= 15 is 0 Å². The molecule has 0 aliphatic rings. The minimum atomic E-state index is 0.876. The topological polar surface area (TPSA) is 54.2 Å². The molecule has 0 aliphatic heterocycles. The second-order valence-electron chi connectivity index (χ2n) is 5.07. The Bertz CT molecular complexity index is 620. The maximum absolute atomic E-state index is 4.60. The highest BCUT2D eigenvalue weighted by Gasteiger charge is 2.06. The zero-order chi connectivity index (χ0) is 15.8. The largest absolute Gasteiger partial charge is 0.356 e. The summed E-state index contributed by atoms with van der Waals surface area (Å²) in [7, 11) is 1.81. The van der Waals surface area contributed by atoms with Crippen molar-refractivity contribution >= 4 is 28.8 Å². The van der Waals surface area contributed by atoms with Crippen LogP contribution in [-0.2, 0) is 6.54 Å². The van der Waals surface area contributed by atoms with Crippen LogP contribution in [0.4, 0.5) is 0 Å². The highest BCUT2D eigenvalue weighted by atomic mass is 32.2. The molecule has 1 aromatic heterocycles. The van der Waals surface area contributed by atoms with Gasteiger partial charge in [-0.15, -0.1) is 0 Å². The number of rotatable bonds is 7. The maximum Gasteiger partial charge on any atom is 0.191 e. The Kier molecular flexibility index (Phi) is 6.58. The number of fused-ring (bicyclic) bond motifs is 1. The van der Waals surface area contributed by atoms with Crippen LogP contribution >= 0.6 is 11.8 Å². The molecular formula is C16H25N5S. The van der Waals surface area contributed by atoms with Gasteiger partial charge >= 0.3 is 0 Å². The summed E-state index contributed by atoms with van der Waals surface area (Å²) in [6.07, 6.45) is 3.14. The third kappa shape index (κ3) is 4.40. The summed E-state index contributed by atoms with van der Waals surface area (Å²) in [5.74, 6) is 3.03. The molecule has 5 nitrogen and oxygen atoms in total. The fourth-order valence-corrected chi connectivity index (χ4v) is 2.72. The first kappa shape index (κ1) is 16.7. The minimum absolute atomic E-state index is 0.876. The average Bonchev–Trinajstić information content (AvgIpc) is 2.85. The standard InChI is InChI=1S/C16H25N5S/c1-13-20-14-7-4-5-8-15(14)21(13)11-6-9-18-16(17-2)19-10-12-22-3/h4-5,7-8H,6,9-12H2,1-3H3,(H2,17,18,19). The molecule has 22 heavy (non-hydrogen) atoms. The summed E-state index contributed by atoms with van der Waals surface area (Å²) >= 11 is 1.83. The fourth-order valence-electron chi connectivity index (χ4n) is 2.41. The maximum atomic E-state index is 4.60. The predicted molar refractivity (Wildman–Crippen MR) is 96.8 cm³/mol. The van der Waals surface area contributed by atoms with Crippen molar-refractivity contribution in [3.63, 3.8) is 0 Å². The Hall–Kier alpha value is -1.69. The molecule has 0 saturated carbocycles. The smallest absolute Gasteiger partial charge is 0.191 e. The number of aliphatic imine (C=N–C) groups is 1. The molecule has 0 saturated heterocycles. The lowest BCUT2D eigenvalue weighted by molar-refractivity contribution is 0.625. The zero-order valence-electron chi connectivity index (χ0n) is 13.6. The molecule has 0 radical (unpaired) electrons. The number of nitrogens with zero attached hydrogens (tertiary/aromatic N) is 3. The van der Waals surface area contributed by atoms with Gasteiger partial charge in [0.15, 0.2) is 5.96 Å². The first-order valence-electron chi connectivity index (χ1n) is 7.61. The zero-order valence-corrected chi connectivity index (χ0v) is 14.4. The average molecular weight is 319 g/mol. The molecule has 0 amide bonds. The Morgan fingerprint density at radius 1 is 1.27 bits per heavy atom. The molecule has 0 fully saturated rings. The predicted octanol–water partition coefficient (Wildman–Crippen LogP) is 2.26. The van der Waals surface area contributed by atoms with Crippen molar-refractivity contribution in [2.24, 2.45) is 4.99 Å². The lowest BCUT2D eigenvalue weighted by Gasteiger charge is -2.12. The van der Waals surface area contributed by atoms with Gasteiger partial charge in [-0.3, -0.25) is 4.99 Å². The van der Waals surface area contributed by atoms with Gasteiger partial charge in [-0.1, -0.05) is 12.1 Å². The highest BCUT2D eigenvalue weighted by Crippen LogP contribution is 2.15. The lowest BCUT2D eigenvalue weighted by atomic mass is 10.3. The van der Waals surface area contributed by atoms with E-state index in [1.165, 1.54) is 5.52 Å². The van der Waals surface area contributed by atoms with Crippen molar-refractivity contribution in [1.82, 2.24) is 20.2 Å². The van der Waals surface area contributed by atoms with Crippen LogP contribution in [0.25, 0.3) is 11.0 Å². The molecule has 2 N–H and O–H groups in total. The van der Waals surface area contributed by atoms with Gasteiger partial charge in [-0.2, -0.15) is 11.8 Å². The highest BCUT2D eigenvalue weighted by molar-refractivity contribution is 7.98. The van der Waals surface area contributed by atoms with Crippen LogP contribution in [0.5, 0.6) is 0 Å². The number of aryl methyl sites for hydroxylation is 2. The van der Waals surface area contributed by atoms with Crippen molar-refractivity contribution in [2.45, 2.75) is 19.9 Å². The molecule has 2 rings (SSSR count). The van der Waals surface area contributed by atoms with E-state index in [0.717, 1.165) is 49.1 Å². The first-order valence-corrected chi connectivity index (χ1v) is 9.01. The van der Waals surface area contributed by atoms with E-state index < -0.39 is 0 Å². The summed E-state index contributed by atoms with van der Waals surface area (Å²) < 4.78 is 2.28. The van der Waals surface area contributed by atoms with Crippen LogP contribution in [-0.4, -0.2) is 47.7 Å². The number of benzene rings is 1. The Balaban J connectivity index is 1.81.